The van der Waals surface area contributed by atoms with Crippen LogP contribution in [0.4, 0.5) is 0 Å². The number of para-hydroxylation sites is 1. The molecular weight excluding hydrogens is 326 g/mol. The molecule has 1 amide bonds. The highest BCUT2D eigenvalue weighted by Gasteiger charge is 2.07. The third-order valence-electron chi connectivity index (χ3n) is 3.47. The first-order valence-electron chi connectivity index (χ1n) is 7.61. The Morgan fingerprint density at radius 1 is 1.25 bits per heavy atom. The van der Waals surface area contributed by atoms with Gasteiger partial charge in [-0.1, -0.05) is 18.2 Å². The molecule has 0 radical (unpaired) electrons. The number of aromatic nitrogens is 2. The number of amides is 1. The highest BCUT2D eigenvalue weighted by atomic mass is 32.1. The summed E-state index contributed by atoms with van der Waals surface area (Å²) in [5.74, 6) is 0.650. The van der Waals surface area contributed by atoms with Gasteiger partial charge >= 0.3 is 0 Å². The number of carbonyl (C=O) groups excluding carboxylic acids is 1. The number of nitrogens with one attached hydrogen (secondary N) is 1. The van der Waals surface area contributed by atoms with Crippen molar-refractivity contribution in [1.82, 2.24) is 14.9 Å². The summed E-state index contributed by atoms with van der Waals surface area (Å²) in [7, 11) is 0. The highest BCUT2D eigenvalue weighted by molar-refractivity contribution is 7.16. The lowest BCUT2D eigenvalue weighted by Crippen LogP contribution is -2.30. The normalized spacial score (nSPS) is 10.7. The van der Waals surface area contributed by atoms with Crippen LogP contribution >= 0.6 is 11.3 Å². The molecule has 2 heterocycles. The summed E-state index contributed by atoms with van der Waals surface area (Å²) in [6.07, 6.45) is 1.72. The van der Waals surface area contributed by atoms with E-state index in [1.807, 2.05) is 35.7 Å². The summed E-state index contributed by atoms with van der Waals surface area (Å²) in [6, 6.07) is 11.2. The Morgan fingerprint density at radius 2 is 2.08 bits per heavy atom. The maximum Gasteiger partial charge on any atom is 0.262 e. The Bertz CT molecular complexity index is 873. The molecule has 0 unspecified atom stereocenters. The van der Waals surface area contributed by atoms with Crippen molar-refractivity contribution in [2.45, 2.75) is 13.0 Å². The van der Waals surface area contributed by atoms with E-state index in [1.54, 1.807) is 6.07 Å². The fourth-order valence-electron chi connectivity index (χ4n) is 2.24. The molecule has 0 aliphatic heterocycles. The summed E-state index contributed by atoms with van der Waals surface area (Å²) in [6.45, 7) is 1.13. The van der Waals surface area contributed by atoms with Crippen molar-refractivity contribution in [3.8, 4) is 5.75 Å². The standard InChI is InChI=1S/C17H17N3O3S/c21-15(18-8-10-23-13-4-2-1-3-5-13)6-9-20-12-19-16-14(17(20)22)7-11-24-16/h1-5,7,11-12H,6,8-10H2,(H,18,21). The minimum absolute atomic E-state index is 0.110. The smallest absolute Gasteiger partial charge is 0.262 e. The number of hydrogen-bond acceptors (Lipinski definition) is 5. The summed E-state index contributed by atoms with van der Waals surface area (Å²) >= 11 is 1.43. The molecule has 0 saturated heterocycles. The molecule has 0 atom stereocenters. The Morgan fingerprint density at radius 3 is 2.92 bits per heavy atom. The predicted octanol–water partition coefficient (Wildman–Crippen LogP) is 2.04. The molecule has 0 spiro atoms. The number of thiophene rings is 1. The Balaban J connectivity index is 1.43. The second kappa shape index (κ2) is 7.74. The van der Waals surface area contributed by atoms with Gasteiger partial charge in [-0.25, -0.2) is 4.98 Å². The predicted molar refractivity (Wildman–Crippen MR) is 93.4 cm³/mol. The lowest BCUT2D eigenvalue weighted by molar-refractivity contribution is -0.121. The molecule has 0 fully saturated rings. The summed E-state index contributed by atoms with van der Waals surface area (Å²) < 4.78 is 6.97. The van der Waals surface area contributed by atoms with E-state index in [9.17, 15) is 9.59 Å². The largest absolute Gasteiger partial charge is 0.492 e. The van der Waals surface area contributed by atoms with E-state index in [0.29, 0.717) is 25.1 Å². The van der Waals surface area contributed by atoms with Crippen LogP contribution in [0.5, 0.6) is 5.75 Å². The minimum Gasteiger partial charge on any atom is -0.492 e. The molecule has 2 aromatic heterocycles. The van der Waals surface area contributed by atoms with E-state index in [-0.39, 0.29) is 17.9 Å². The SMILES string of the molecule is O=C(CCn1cnc2sccc2c1=O)NCCOc1ccccc1. The van der Waals surface area contributed by atoms with E-state index >= 15 is 0 Å². The van der Waals surface area contributed by atoms with Crippen molar-refractivity contribution in [3.05, 3.63) is 58.5 Å². The number of fused-ring (bicyclic) bond motifs is 1. The van der Waals surface area contributed by atoms with Crippen LogP contribution < -0.4 is 15.6 Å². The molecule has 6 nitrogen and oxygen atoms in total. The monoisotopic (exact) mass is 343 g/mol. The van der Waals surface area contributed by atoms with Gasteiger partial charge in [-0.2, -0.15) is 0 Å². The second-order valence-corrected chi connectivity index (χ2v) is 6.04. The van der Waals surface area contributed by atoms with Crippen molar-refractivity contribution in [3.63, 3.8) is 0 Å². The van der Waals surface area contributed by atoms with Gasteiger partial charge in [0.05, 0.1) is 18.3 Å². The first-order valence-corrected chi connectivity index (χ1v) is 8.49. The number of carbonyl (C=O) groups is 1. The van der Waals surface area contributed by atoms with Crippen LogP contribution in [0, 0.1) is 0 Å². The van der Waals surface area contributed by atoms with Gasteiger partial charge in [-0.3, -0.25) is 14.2 Å². The summed E-state index contributed by atoms with van der Waals surface area (Å²) in [4.78, 5) is 29.0. The summed E-state index contributed by atoms with van der Waals surface area (Å²) in [5.41, 5.74) is -0.110. The van der Waals surface area contributed by atoms with E-state index < -0.39 is 0 Å². The van der Waals surface area contributed by atoms with Gasteiger partial charge in [-0.05, 0) is 23.6 Å². The molecule has 0 bridgehead atoms. The molecule has 0 aliphatic rings. The third-order valence-corrected chi connectivity index (χ3v) is 4.29. The van der Waals surface area contributed by atoms with E-state index in [0.717, 1.165) is 10.6 Å². The van der Waals surface area contributed by atoms with Crippen LogP contribution in [0.25, 0.3) is 10.2 Å². The van der Waals surface area contributed by atoms with Crippen LogP contribution in [-0.2, 0) is 11.3 Å². The maximum absolute atomic E-state index is 12.2. The molecule has 0 aliphatic carbocycles. The zero-order chi connectivity index (χ0) is 16.8. The molecule has 0 saturated carbocycles. The van der Waals surface area contributed by atoms with Crippen molar-refractivity contribution in [2.24, 2.45) is 0 Å². The average molecular weight is 343 g/mol. The molecule has 124 valence electrons. The number of rotatable bonds is 7. The van der Waals surface area contributed by atoms with Gasteiger partial charge < -0.3 is 10.1 Å². The number of benzene rings is 1. The van der Waals surface area contributed by atoms with Crippen LogP contribution in [0.15, 0.2) is 52.9 Å². The number of aryl methyl sites for hydroxylation is 1. The topological polar surface area (TPSA) is 73.2 Å². The second-order valence-electron chi connectivity index (χ2n) is 5.14. The van der Waals surface area contributed by atoms with Gasteiger partial charge in [0.15, 0.2) is 0 Å². The zero-order valence-electron chi connectivity index (χ0n) is 13.0. The fourth-order valence-corrected chi connectivity index (χ4v) is 2.96. The summed E-state index contributed by atoms with van der Waals surface area (Å²) in [5, 5.41) is 5.21. The van der Waals surface area contributed by atoms with Gasteiger partial charge in [-0.15, -0.1) is 11.3 Å². The van der Waals surface area contributed by atoms with Crippen molar-refractivity contribution >= 4 is 27.5 Å². The number of ether oxygens (including phenoxy) is 1. The average Bonchev–Trinajstić information content (AvgIpc) is 3.09. The molecule has 24 heavy (non-hydrogen) atoms. The fraction of sp³-hybridized carbons (Fsp3) is 0.235. The Hall–Kier alpha value is -2.67. The quantitative estimate of drug-likeness (QED) is 0.666. The van der Waals surface area contributed by atoms with Crippen LogP contribution in [0.2, 0.25) is 0 Å². The Kier molecular flexibility index (Phi) is 5.22. The van der Waals surface area contributed by atoms with E-state index in [1.165, 1.54) is 22.2 Å². The lowest BCUT2D eigenvalue weighted by Gasteiger charge is -2.08. The molecule has 3 rings (SSSR count). The first-order chi connectivity index (χ1) is 11.7. The minimum atomic E-state index is -0.121. The van der Waals surface area contributed by atoms with E-state index in [2.05, 4.69) is 10.3 Å². The van der Waals surface area contributed by atoms with Crippen molar-refractivity contribution in [1.29, 1.82) is 0 Å². The molecule has 7 heteroatoms. The highest BCUT2D eigenvalue weighted by Crippen LogP contribution is 2.13. The molecule has 3 aromatic rings. The lowest BCUT2D eigenvalue weighted by atomic mass is 10.3. The number of nitrogens with zero attached hydrogens (tertiary/aromatic N) is 2. The van der Waals surface area contributed by atoms with Gasteiger partial charge in [0.2, 0.25) is 5.91 Å². The van der Waals surface area contributed by atoms with Crippen LogP contribution in [-0.4, -0.2) is 28.6 Å². The number of hydrogen-bond donors (Lipinski definition) is 1. The van der Waals surface area contributed by atoms with Gasteiger partial charge in [0.25, 0.3) is 5.56 Å². The van der Waals surface area contributed by atoms with Gasteiger partial charge in [0.1, 0.15) is 17.2 Å². The van der Waals surface area contributed by atoms with Crippen molar-refractivity contribution in [2.75, 3.05) is 13.2 Å². The third kappa shape index (κ3) is 3.99. The molecule has 1 N–H and O–H groups in total. The van der Waals surface area contributed by atoms with Crippen LogP contribution in [0.3, 0.4) is 0 Å². The van der Waals surface area contributed by atoms with Crippen molar-refractivity contribution < 1.29 is 9.53 Å². The molecule has 1 aromatic carbocycles. The van der Waals surface area contributed by atoms with Crippen LogP contribution in [0.1, 0.15) is 6.42 Å². The van der Waals surface area contributed by atoms with E-state index in [4.69, 9.17) is 4.74 Å². The molecular formula is C17H17N3O3S. The van der Waals surface area contributed by atoms with Gasteiger partial charge in [0, 0.05) is 13.0 Å². The maximum atomic E-state index is 12.2. The Labute approximate surface area is 142 Å². The first kappa shape index (κ1) is 16.2. The zero-order valence-corrected chi connectivity index (χ0v) is 13.8.